The molecule has 0 atom stereocenters. The molecule has 0 amide bonds. The minimum Gasteiger partial charge on any atom is -0.427 e. The van der Waals surface area contributed by atoms with Gasteiger partial charge in [-0.25, -0.2) is 14.3 Å². The zero-order valence-corrected chi connectivity index (χ0v) is 7.39. The standard InChI is InChI=1S/C8H9N3O2/c1-8(2,5-9)13-7(12)11-4-3-10-6-11/h3-4,6H,1-2H3. The molecular formula is C8H9N3O2. The number of nitriles is 1. The van der Waals surface area contributed by atoms with E-state index in [1.165, 1.54) is 37.1 Å². The topological polar surface area (TPSA) is 67.9 Å². The van der Waals surface area contributed by atoms with E-state index in [4.69, 9.17) is 10.00 Å². The molecule has 13 heavy (non-hydrogen) atoms. The Morgan fingerprint density at radius 3 is 2.85 bits per heavy atom. The molecule has 1 aromatic heterocycles. The Labute approximate surface area is 75.6 Å². The molecule has 68 valence electrons. The van der Waals surface area contributed by atoms with Crippen molar-refractivity contribution in [1.82, 2.24) is 9.55 Å². The number of hydrogen-bond donors (Lipinski definition) is 0. The number of aromatic nitrogens is 2. The van der Waals surface area contributed by atoms with E-state index in [0.29, 0.717) is 0 Å². The maximum Gasteiger partial charge on any atom is 0.420 e. The monoisotopic (exact) mass is 179 g/mol. The molecule has 1 rings (SSSR count). The van der Waals surface area contributed by atoms with E-state index in [1.54, 1.807) is 0 Å². The van der Waals surface area contributed by atoms with Gasteiger partial charge in [-0.2, -0.15) is 5.26 Å². The van der Waals surface area contributed by atoms with Gasteiger partial charge in [0.15, 0.2) is 5.60 Å². The summed E-state index contributed by atoms with van der Waals surface area (Å²) in [5.41, 5.74) is -1.11. The van der Waals surface area contributed by atoms with Crippen molar-refractivity contribution in [2.45, 2.75) is 19.4 Å². The highest BCUT2D eigenvalue weighted by Crippen LogP contribution is 2.08. The Hall–Kier alpha value is -1.83. The Morgan fingerprint density at radius 2 is 2.38 bits per heavy atom. The van der Waals surface area contributed by atoms with Crippen molar-refractivity contribution in [2.75, 3.05) is 0 Å². The summed E-state index contributed by atoms with van der Waals surface area (Å²) in [5.74, 6) is 0. The maximum atomic E-state index is 11.2. The Bertz CT molecular complexity index is 335. The summed E-state index contributed by atoms with van der Waals surface area (Å²) in [6, 6.07) is 1.86. The van der Waals surface area contributed by atoms with E-state index >= 15 is 0 Å². The molecule has 0 aliphatic rings. The van der Waals surface area contributed by atoms with E-state index < -0.39 is 11.7 Å². The molecule has 0 radical (unpaired) electrons. The van der Waals surface area contributed by atoms with Crippen LogP contribution >= 0.6 is 0 Å². The summed E-state index contributed by atoms with van der Waals surface area (Å²) < 4.78 is 6.02. The van der Waals surface area contributed by atoms with Crippen molar-refractivity contribution < 1.29 is 9.53 Å². The molecule has 0 N–H and O–H groups in total. The van der Waals surface area contributed by atoms with Crippen LogP contribution in [0.15, 0.2) is 18.7 Å². The second-order valence-electron chi connectivity index (χ2n) is 2.96. The van der Waals surface area contributed by atoms with Crippen molar-refractivity contribution in [3.8, 4) is 6.07 Å². The van der Waals surface area contributed by atoms with Crippen LogP contribution < -0.4 is 0 Å². The number of hydrogen-bond acceptors (Lipinski definition) is 4. The smallest absolute Gasteiger partial charge is 0.420 e. The summed E-state index contributed by atoms with van der Waals surface area (Å²) in [5, 5.41) is 8.59. The number of nitrogens with zero attached hydrogens (tertiary/aromatic N) is 3. The summed E-state index contributed by atoms with van der Waals surface area (Å²) in [4.78, 5) is 14.9. The molecule has 5 nitrogen and oxygen atoms in total. The third-order valence-corrected chi connectivity index (χ3v) is 1.33. The highest BCUT2D eigenvalue weighted by Gasteiger charge is 2.22. The van der Waals surface area contributed by atoms with Gasteiger partial charge in [0.1, 0.15) is 12.4 Å². The van der Waals surface area contributed by atoms with E-state index in [9.17, 15) is 4.79 Å². The van der Waals surface area contributed by atoms with Crippen LogP contribution in [0.4, 0.5) is 4.79 Å². The third kappa shape index (κ3) is 2.30. The number of imidazole rings is 1. The molecule has 1 heterocycles. The predicted octanol–water partition coefficient (Wildman–Crippen LogP) is 1.17. The van der Waals surface area contributed by atoms with Crippen LogP contribution in [0.3, 0.4) is 0 Å². The van der Waals surface area contributed by atoms with Crippen molar-refractivity contribution in [3.63, 3.8) is 0 Å². The van der Waals surface area contributed by atoms with Crippen LogP contribution in [0.1, 0.15) is 13.8 Å². The van der Waals surface area contributed by atoms with Gasteiger partial charge in [0.25, 0.3) is 0 Å². The molecule has 0 saturated heterocycles. The van der Waals surface area contributed by atoms with Crippen LogP contribution in [-0.2, 0) is 4.74 Å². The quantitative estimate of drug-likeness (QED) is 0.648. The molecule has 0 aliphatic heterocycles. The average molecular weight is 179 g/mol. The van der Waals surface area contributed by atoms with E-state index in [-0.39, 0.29) is 0 Å². The molecule has 1 aromatic rings. The lowest BCUT2D eigenvalue weighted by Crippen LogP contribution is -2.28. The molecule has 0 bridgehead atoms. The molecular weight excluding hydrogens is 170 g/mol. The summed E-state index contributed by atoms with van der Waals surface area (Å²) >= 11 is 0. The highest BCUT2D eigenvalue weighted by atomic mass is 16.6. The fourth-order valence-electron chi connectivity index (χ4n) is 0.661. The molecule has 5 heteroatoms. The van der Waals surface area contributed by atoms with E-state index in [1.807, 2.05) is 6.07 Å². The molecule has 0 aromatic carbocycles. The summed E-state index contributed by atoms with van der Waals surface area (Å²) in [7, 11) is 0. The zero-order chi connectivity index (χ0) is 9.90. The highest BCUT2D eigenvalue weighted by molar-refractivity contribution is 5.70. The van der Waals surface area contributed by atoms with Gasteiger partial charge in [-0.3, -0.25) is 0 Å². The van der Waals surface area contributed by atoms with Crippen molar-refractivity contribution in [1.29, 1.82) is 5.26 Å². The zero-order valence-electron chi connectivity index (χ0n) is 7.39. The second kappa shape index (κ2) is 3.27. The Balaban J connectivity index is 2.68. The lowest BCUT2D eigenvalue weighted by Gasteiger charge is -2.15. The number of carbonyl (C=O) groups excluding carboxylic acids is 1. The van der Waals surface area contributed by atoms with Gasteiger partial charge in [-0.15, -0.1) is 0 Å². The number of ether oxygens (including phenoxy) is 1. The SMILES string of the molecule is CC(C)(C#N)OC(=O)n1ccnc1. The van der Waals surface area contributed by atoms with Crippen molar-refractivity contribution in [2.24, 2.45) is 0 Å². The predicted molar refractivity (Wildman–Crippen MR) is 43.8 cm³/mol. The lowest BCUT2D eigenvalue weighted by atomic mass is 10.2. The van der Waals surface area contributed by atoms with E-state index in [0.717, 1.165) is 0 Å². The van der Waals surface area contributed by atoms with Gasteiger partial charge in [0.05, 0.1) is 0 Å². The van der Waals surface area contributed by atoms with Crippen molar-refractivity contribution in [3.05, 3.63) is 18.7 Å². The Morgan fingerprint density at radius 1 is 1.69 bits per heavy atom. The van der Waals surface area contributed by atoms with Crippen LogP contribution in [0.5, 0.6) is 0 Å². The van der Waals surface area contributed by atoms with Crippen molar-refractivity contribution >= 4 is 6.09 Å². The van der Waals surface area contributed by atoms with Crippen LogP contribution in [-0.4, -0.2) is 21.2 Å². The third-order valence-electron chi connectivity index (χ3n) is 1.33. The molecule has 0 aliphatic carbocycles. The molecule has 0 fully saturated rings. The van der Waals surface area contributed by atoms with Crippen LogP contribution in [0.25, 0.3) is 0 Å². The van der Waals surface area contributed by atoms with Gasteiger partial charge in [-0.1, -0.05) is 0 Å². The minimum atomic E-state index is -1.11. The Kier molecular flexibility index (Phi) is 2.33. The maximum absolute atomic E-state index is 11.2. The lowest BCUT2D eigenvalue weighted by molar-refractivity contribution is 0.0779. The minimum absolute atomic E-state index is 0.607. The van der Waals surface area contributed by atoms with Gasteiger partial charge in [-0.05, 0) is 13.8 Å². The average Bonchev–Trinajstić information content (AvgIpc) is 2.55. The largest absolute Gasteiger partial charge is 0.427 e. The fraction of sp³-hybridized carbons (Fsp3) is 0.375. The fourth-order valence-corrected chi connectivity index (χ4v) is 0.661. The first-order valence-corrected chi connectivity index (χ1v) is 3.68. The first-order valence-electron chi connectivity index (χ1n) is 3.68. The second-order valence-corrected chi connectivity index (χ2v) is 2.96. The number of carbonyl (C=O) groups is 1. The number of rotatable bonds is 1. The summed E-state index contributed by atoms with van der Waals surface area (Å²) in [6.45, 7) is 3.03. The first kappa shape index (κ1) is 9.26. The molecule has 0 spiro atoms. The van der Waals surface area contributed by atoms with E-state index in [2.05, 4.69) is 4.98 Å². The normalized spacial score (nSPS) is 10.5. The molecule has 0 unspecified atom stereocenters. The van der Waals surface area contributed by atoms with Gasteiger partial charge in [0.2, 0.25) is 0 Å². The van der Waals surface area contributed by atoms with Gasteiger partial charge in [0, 0.05) is 12.4 Å². The van der Waals surface area contributed by atoms with Gasteiger partial charge >= 0.3 is 6.09 Å². The summed E-state index contributed by atoms with van der Waals surface area (Å²) in [6.07, 6.45) is 3.62. The van der Waals surface area contributed by atoms with Gasteiger partial charge < -0.3 is 4.74 Å². The first-order chi connectivity index (χ1) is 6.05. The van der Waals surface area contributed by atoms with Crippen LogP contribution in [0.2, 0.25) is 0 Å². The van der Waals surface area contributed by atoms with Crippen LogP contribution in [0, 0.1) is 11.3 Å². The molecule has 0 saturated carbocycles.